The van der Waals surface area contributed by atoms with Crippen LogP contribution in [-0.2, 0) is 0 Å². The number of amides is 1. The maximum Gasteiger partial charge on any atom is 0.573 e. The van der Waals surface area contributed by atoms with Crippen LogP contribution in [0, 0.1) is 0 Å². The molecule has 0 saturated heterocycles. The average molecular weight is 451 g/mol. The summed E-state index contributed by atoms with van der Waals surface area (Å²) in [5.74, 6) is 0.456. The minimum absolute atomic E-state index is 0.241. The van der Waals surface area contributed by atoms with Gasteiger partial charge in [-0.15, -0.1) is 13.2 Å². The van der Waals surface area contributed by atoms with Crippen LogP contribution in [0.25, 0.3) is 16.6 Å². The Labute approximate surface area is 178 Å². The number of fused-ring (bicyclic) bond motifs is 1. The molecular formula is C20H14ClF3N4O3. The van der Waals surface area contributed by atoms with E-state index < -0.39 is 12.3 Å². The summed E-state index contributed by atoms with van der Waals surface area (Å²) in [6.07, 6.45) is -3.15. The van der Waals surface area contributed by atoms with Gasteiger partial charge in [-0.3, -0.25) is 9.79 Å². The number of H-pyrrole nitrogens is 1. The molecule has 0 aliphatic carbocycles. The molecule has 0 saturated carbocycles. The molecule has 11 heteroatoms. The lowest BCUT2D eigenvalue weighted by Crippen LogP contribution is -2.28. The zero-order chi connectivity index (χ0) is 22.2. The number of carbonyl (C=O) groups is 1. The number of aromatic amines is 1. The first-order valence-electron chi connectivity index (χ1n) is 8.87. The lowest BCUT2D eigenvalue weighted by atomic mass is 10.2. The van der Waals surface area contributed by atoms with Gasteiger partial charge in [-0.2, -0.15) is 0 Å². The van der Waals surface area contributed by atoms with E-state index in [0.717, 1.165) is 0 Å². The van der Waals surface area contributed by atoms with Crippen LogP contribution in [0.15, 0.2) is 47.5 Å². The number of rotatable bonds is 4. The number of imidazole rings is 1. The predicted octanol–water partition coefficient (Wildman–Crippen LogP) is 4.35. The first-order chi connectivity index (χ1) is 14.7. The average Bonchev–Trinajstić information content (AvgIpc) is 3.33. The summed E-state index contributed by atoms with van der Waals surface area (Å²) in [6.45, 7) is 0.241. The molecule has 3 aromatic rings. The molecule has 1 amide bonds. The Hall–Kier alpha value is -3.53. The first kappa shape index (κ1) is 20.7. The van der Waals surface area contributed by atoms with Crippen molar-refractivity contribution in [1.82, 2.24) is 15.3 Å². The highest BCUT2D eigenvalue weighted by Gasteiger charge is 2.31. The van der Waals surface area contributed by atoms with Crippen LogP contribution < -0.4 is 14.8 Å². The molecule has 4 rings (SSSR count). The number of nitrogens with one attached hydrogen (secondary N) is 2. The molecule has 0 radical (unpaired) electrons. The van der Waals surface area contributed by atoms with E-state index in [4.69, 9.17) is 16.3 Å². The third-order valence-corrected chi connectivity index (χ3v) is 4.67. The Kier molecular flexibility index (Phi) is 5.32. The van der Waals surface area contributed by atoms with E-state index in [1.165, 1.54) is 31.4 Å². The molecule has 0 atom stereocenters. The largest absolute Gasteiger partial charge is 0.573 e. The van der Waals surface area contributed by atoms with Gasteiger partial charge in [0.05, 0.1) is 29.7 Å². The molecule has 1 aromatic heterocycles. The van der Waals surface area contributed by atoms with Gasteiger partial charge >= 0.3 is 6.36 Å². The minimum Gasteiger partial charge on any atom is -0.495 e. The Bertz CT molecular complexity index is 1230. The fourth-order valence-electron chi connectivity index (χ4n) is 2.98. The van der Waals surface area contributed by atoms with Crippen LogP contribution in [0.5, 0.6) is 11.5 Å². The highest BCUT2D eigenvalue weighted by atomic mass is 35.5. The number of carbonyl (C=O) groups excluding carboxylic acids is 1. The number of methoxy groups -OCH3 is 1. The van der Waals surface area contributed by atoms with Crippen molar-refractivity contribution in [3.05, 3.63) is 58.9 Å². The van der Waals surface area contributed by atoms with Gasteiger partial charge < -0.3 is 19.8 Å². The predicted molar refractivity (Wildman–Crippen MR) is 109 cm³/mol. The van der Waals surface area contributed by atoms with Crippen molar-refractivity contribution in [2.24, 2.45) is 4.99 Å². The summed E-state index contributed by atoms with van der Waals surface area (Å²) in [6, 6.07) is 8.45. The quantitative estimate of drug-likeness (QED) is 0.618. The topological polar surface area (TPSA) is 88.6 Å². The van der Waals surface area contributed by atoms with Crippen molar-refractivity contribution >= 4 is 40.0 Å². The summed E-state index contributed by atoms with van der Waals surface area (Å²) in [7, 11) is 1.47. The minimum atomic E-state index is -4.78. The molecule has 2 heterocycles. The van der Waals surface area contributed by atoms with Crippen LogP contribution in [0.4, 0.5) is 13.2 Å². The summed E-state index contributed by atoms with van der Waals surface area (Å²) < 4.78 is 46.2. The first-order valence-corrected chi connectivity index (χ1v) is 9.25. The van der Waals surface area contributed by atoms with Crippen molar-refractivity contribution in [3.63, 3.8) is 0 Å². The van der Waals surface area contributed by atoms with Crippen molar-refractivity contribution in [1.29, 1.82) is 0 Å². The Morgan fingerprint density at radius 2 is 2.03 bits per heavy atom. The standard InChI is InChI=1S/C20H14ClF3N4O3/c1-30-16-5-2-10(6-13(16)21)19(29)28-17-7-11(9-25-17)18-26-14-4-3-12(8-15(14)27-18)31-20(22,23)24/h2-8H,9H2,1H3,(H,26,27)(H,25,28,29). The van der Waals surface area contributed by atoms with E-state index in [2.05, 4.69) is 25.0 Å². The van der Waals surface area contributed by atoms with Crippen molar-refractivity contribution in [2.75, 3.05) is 13.7 Å². The molecule has 0 unspecified atom stereocenters. The maximum atomic E-state index is 12.4. The Morgan fingerprint density at radius 3 is 2.74 bits per heavy atom. The Balaban J connectivity index is 1.49. The third kappa shape index (κ3) is 4.64. The highest BCUT2D eigenvalue weighted by Crippen LogP contribution is 2.28. The van der Waals surface area contributed by atoms with Gasteiger partial charge in [-0.25, -0.2) is 4.98 Å². The number of ether oxygens (including phenoxy) is 2. The number of aliphatic imine (C=N–C) groups is 1. The summed E-state index contributed by atoms with van der Waals surface area (Å²) in [5, 5.41) is 2.98. The molecular weight excluding hydrogens is 437 g/mol. The number of benzene rings is 2. The molecule has 160 valence electrons. The van der Waals surface area contributed by atoms with Gasteiger partial charge in [0.1, 0.15) is 23.2 Å². The molecule has 7 nitrogen and oxygen atoms in total. The van der Waals surface area contributed by atoms with E-state index in [9.17, 15) is 18.0 Å². The number of hydrogen-bond donors (Lipinski definition) is 2. The summed E-state index contributed by atoms with van der Waals surface area (Å²) in [5.41, 5.74) is 1.84. The normalized spacial score (nSPS) is 13.7. The molecule has 0 bridgehead atoms. The number of amidine groups is 1. The Morgan fingerprint density at radius 1 is 1.23 bits per heavy atom. The van der Waals surface area contributed by atoms with Crippen LogP contribution in [0.1, 0.15) is 16.2 Å². The fourth-order valence-corrected chi connectivity index (χ4v) is 3.24. The maximum absolute atomic E-state index is 12.4. The van der Waals surface area contributed by atoms with Crippen LogP contribution in [0.2, 0.25) is 5.02 Å². The van der Waals surface area contributed by atoms with Crippen molar-refractivity contribution in [3.8, 4) is 11.5 Å². The number of aromatic nitrogens is 2. The molecule has 1 aliphatic rings. The fraction of sp³-hybridized carbons (Fsp3) is 0.150. The SMILES string of the molecule is COc1ccc(C(=O)NC2=NCC(c3nc4ccc(OC(F)(F)F)cc4[nH]3)=C2)cc1Cl. The number of nitrogens with zero attached hydrogens (tertiary/aromatic N) is 2. The summed E-state index contributed by atoms with van der Waals surface area (Å²) >= 11 is 6.05. The van der Waals surface area contributed by atoms with Crippen molar-refractivity contribution in [2.45, 2.75) is 6.36 Å². The highest BCUT2D eigenvalue weighted by molar-refractivity contribution is 6.32. The lowest BCUT2D eigenvalue weighted by Gasteiger charge is -2.07. The summed E-state index contributed by atoms with van der Waals surface area (Å²) in [4.78, 5) is 24.0. The second-order valence-corrected chi connectivity index (χ2v) is 6.89. The zero-order valence-corrected chi connectivity index (χ0v) is 16.6. The van der Waals surface area contributed by atoms with Gasteiger partial charge in [0, 0.05) is 17.2 Å². The number of hydrogen-bond acceptors (Lipinski definition) is 5. The van der Waals surface area contributed by atoms with Gasteiger partial charge in [0.25, 0.3) is 5.91 Å². The molecule has 1 aliphatic heterocycles. The van der Waals surface area contributed by atoms with Crippen LogP contribution in [-0.4, -0.2) is 41.7 Å². The third-order valence-electron chi connectivity index (χ3n) is 4.38. The zero-order valence-electron chi connectivity index (χ0n) is 15.9. The van der Waals surface area contributed by atoms with Gasteiger partial charge in [-0.05, 0) is 36.4 Å². The van der Waals surface area contributed by atoms with E-state index in [-0.39, 0.29) is 12.3 Å². The van der Waals surface area contributed by atoms with Crippen molar-refractivity contribution < 1.29 is 27.4 Å². The smallest absolute Gasteiger partial charge is 0.495 e. The van der Waals surface area contributed by atoms with E-state index >= 15 is 0 Å². The molecule has 0 fully saturated rings. The van der Waals surface area contributed by atoms with E-state index in [1.54, 1.807) is 18.2 Å². The molecule has 2 N–H and O–H groups in total. The van der Waals surface area contributed by atoms with Crippen LogP contribution in [0.3, 0.4) is 0 Å². The molecule has 0 spiro atoms. The lowest BCUT2D eigenvalue weighted by molar-refractivity contribution is -0.274. The number of alkyl halides is 3. The molecule has 2 aromatic carbocycles. The van der Waals surface area contributed by atoms with Crippen LogP contribution >= 0.6 is 11.6 Å². The van der Waals surface area contributed by atoms with Gasteiger partial charge in [0.15, 0.2) is 0 Å². The van der Waals surface area contributed by atoms with Gasteiger partial charge in [-0.1, -0.05) is 11.6 Å². The number of halogens is 4. The monoisotopic (exact) mass is 450 g/mol. The molecule has 31 heavy (non-hydrogen) atoms. The van der Waals surface area contributed by atoms with E-state index in [0.29, 0.717) is 44.6 Å². The van der Waals surface area contributed by atoms with E-state index in [1.807, 2.05) is 0 Å². The van der Waals surface area contributed by atoms with Gasteiger partial charge in [0.2, 0.25) is 0 Å². The second kappa shape index (κ2) is 7.95. The second-order valence-electron chi connectivity index (χ2n) is 6.49.